The molecule has 0 spiro atoms. The van der Waals surface area contributed by atoms with Gasteiger partial charge in [-0.2, -0.15) is 8.78 Å². The number of hydrogen-bond donors (Lipinski definition) is 0. The van der Waals surface area contributed by atoms with Gasteiger partial charge in [0.05, 0.1) is 18.8 Å². The van der Waals surface area contributed by atoms with Gasteiger partial charge in [0.1, 0.15) is 0 Å². The summed E-state index contributed by atoms with van der Waals surface area (Å²) in [5, 5.41) is 0. The van der Waals surface area contributed by atoms with E-state index in [2.05, 4.69) is 4.74 Å². The Bertz CT molecular complexity index is 1260. The minimum atomic E-state index is -4.23. The Morgan fingerprint density at radius 2 is 1.20 bits per heavy atom. The molecule has 2 atom stereocenters. The molecule has 1 aliphatic rings. The Balaban J connectivity index is 1.74. The minimum absolute atomic E-state index is 0.0735. The second-order valence-electron chi connectivity index (χ2n) is 7.61. The van der Waals surface area contributed by atoms with Gasteiger partial charge in [0, 0.05) is 11.1 Å². The van der Waals surface area contributed by atoms with E-state index < -0.39 is 58.3 Å². The molecule has 0 aliphatic heterocycles. The molecule has 1 aliphatic carbocycles. The monoisotopic (exact) mass is 500 g/mol. The zero-order chi connectivity index (χ0) is 25.5. The van der Waals surface area contributed by atoms with E-state index in [4.69, 9.17) is 9.47 Å². The quantitative estimate of drug-likeness (QED) is 0.311. The lowest BCUT2D eigenvalue weighted by molar-refractivity contribution is -0.187. The summed E-state index contributed by atoms with van der Waals surface area (Å²) in [7, 11) is 0. The lowest BCUT2D eigenvalue weighted by atomic mass is 9.82. The Labute approximate surface area is 196 Å². The second kappa shape index (κ2) is 9.31. The fraction of sp³-hybridized carbons (Fsp3) is 0.280. The first-order valence-electron chi connectivity index (χ1n) is 10.7. The van der Waals surface area contributed by atoms with E-state index in [1.807, 2.05) is 0 Å². The summed E-state index contributed by atoms with van der Waals surface area (Å²) in [5.74, 6) is -5.45. The minimum Gasteiger partial charge on any atom is -0.491 e. The second-order valence-corrected chi connectivity index (χ2v) is 7.61. The van der Waals surface area contributed by atoms with Crippen LogP contribution in [0, 0.1) is 17.5 Å². The van der Waals surface area contributed by atoms with Crippen molar-refractivity contribution in [1.82, 2.24) is 0 Å². The Kier molecular flexibility index (Phi) is 6.57. The standard InChI is InChI=1S/C25H19F7O3/c1-3-33-16-8-5-12(11-15(16)26)25(31,32)35-18-10-7-14-13-6-9-17(34-4-2)21(27)19(13)23(29)24(30)20(14)22(18)28/h5-11,23-24H,3-4H2,1-2H3. The van der Waals surface area contributed by atoms with Crippen molar-refractivity contribution in [3.05, 3.63) is 76.6 Å². The van der Waals surface area contributed by atoms with Gasteiger partial charge in [0.25, 0.3) is 0 Å². The maximum absolute atomic E-state index is 15.2. The third-order valence-corrected chi connectivity index (χ3v) is 5.49. The third kappa shape index (κ3) is 4.26. The smallest absolute Gasteiger partial charge is 0.426 e. The predicted molar refractivity (Wildman–Crippen MR) is 113 cm³/mol. The zero-order valence-electron chi connectivity index (χ0n) is 18.5. The number of fused-ring (bicyclic) bond motifs is 3. The van der Waals surface area contributed by atoms with Crippen molar-refractivity contribution < 1.29 is 44.9 Å². The van der Waals surface area contributed by atoms with Crippen LogP contribution in [0.3, 0.4) is 0 Å². The van der Waals surface area contributed by atoms with Crippen molar-refractivity contribution in [1.29, 1.82) is 0 Å². The van der Waals surface area contributed by atoms with Gasteiger partial charge in [0.2, 0.25) is 0 Å². The van der Waals surface area contributed by atoms with Crippen molar-refractivity contribution in [2.75, 3.05) is 13.2 Å². The first-order chi connectivity index (χ1) is 16.6. The lowest BCUT2D eigenvalue weighted by Crippen LogP contribution is -2.24. The van der Waals surface area contributed by atoms with Crippen LogP contribution in [-0.4, -0.2) is 13.2 Å². The zero-order valence-corrected chi connectivity index (χ0v) is 18.5. The van der Waals surface area contributed by atoms with E-state index in [0.717, 1.165) is 24.3 Å². The SMILES string of the molecule is CCOc1ccc(C(F)(F)Oc2ccc3c(c2F)C(F)C(F)c2c-3ccc(OCC)c2F)cc1F. The van der Waals surface area contributed by atoms with Gasteiger partial charge >= 0.3 is 6.11 Å². The molecule has 0 bridgehead atoms. The van der Waals surface area contributed by atoms with Gasteiger partial charge in [-0.15, -0.1) is 0 Å². The molecule has 0 amide bonds. The molecular formula is C25H19F7O3. The highest BCUT2D eigenvalue weighted by Crippen LogP contribution is 2.53. The summed E-state index contributed by atoms with van der Waals surface area (Å²) in [6.45, 7) is 3.33. The van der Waals surface area contributed by atoms with Crippen molar-refractivity contribution in [3.63, 3.8) is 0 Å². The molecule has 0 saturated carbocycles. The molecule has 0 saturated heterocycles. The molecule has 3 aromatic rings. The summed E-state index contributed by atoms with van der Waals surface area (Å²) in [6.07, 6.45) is -9.56. The highest BCUT2D eigenvalue weighted by Gasteiger charge is 2.42. The number of alkyl halides is 4. The van der Waals surface area contributed by atoms with Gasteiger partial charge in [-0.25, -0.2) is 22.0 Å². The van der Waals surface area contributed by atoms with E-state index in [-0.39, 0.29) is 35.8 Å². The van der Waals surface area contributed by atoms with Crippen LogP contribution in [0.2, 0.25) is 0 Å². The summed E-state index contributed by atoms with van der Waals surface area (Å²) in [5.41, 5.74) is -2.86. The molecule has 35 heavy (non-hydrogen) atoms. The van der Waals surface area contributed by atoms with Crippen molar-refractivity contribution in [2.45, 2.75) is 32.3 Å². The molecule has 4 rings (SSSR count). The number of rotatable bonds is 7. The Morgan fingerprint density at radius 1 is 0.714 bits per heavy atom. The van der Waals surface area contributed by atoms with E-state index >= 15 is 4.39 Å². The number of halogens is 7. The lowest BCUT2D eigenvalue weighted by Gasteiger charge is -2.29. The molecule has 0 aromatic heterocycles. The molecular weight excluding hydrogens is 481 g/mol. The van der Waals surface area contributed by atoms with Gasteiger partial charge < -0.3 is 14.2 Å². The van der Waals surface area contributed by atoms with E-state index in [1.54, 1.807) is 13.8 Å². The average molecular weight is 500 g/mol. The van der Waals surface area contributed by atoms with Crippen LogP contribution in [0.25, 0.3) is 11.1 Å². The Hall–Kier alpha value is -3.43. The largest absolute Gasteiger partial charge is 0.491 e. The fourth-order valence-electron chi connectivity index (χ4n) is 3.94. The molecule has 0 fully saturated rings. The van der Waals surface area contributed by atoms with Crippen molar-refractivity contribution in [3.8, 4) is 28.4 Å². The van der Waals surface area contributed by atoms with Crippen LogP contribution in [0.5, 0.6) is 17.2 Å². The molecule has 3 nitrogen and oxygen atoms in total. The van der Waals surface area contributed by atoms with Gasteiger partial charge in [-0.3, -0.25) is 0 Å². The summed E-state index contributed by atoms with van der Waals surface area (Å²) in [6, 6.07) is 6.49. The third-order valence-electron chi connectivity index (χ3n) is 5.49. The Morgan fingerprint density at radius 3 is 1.74 bits per heavy atom. The first kappa shape index (κ1) is 24.7. The molecule has 3 aromatic carbocycles. The van der Waals surface area contributed by atoms with Crippen molar-refractivity contribution in [2.24, 2.45) is 0 Å². The molecule has 10 heteroatoms. The predicted octanol–water partition coefficient (Wildman–Crippen LogP) is 7.73. The number of ether oxygens (including phenoxy) is 3. The molecule has 0 heterocycles. The molecule has 2 unspecified atom stereocenters. The van der Waals surface area contributed by atoms with E-state index in [0.29, 0.717) is 6.07 Å². The number of benzene rings is 3. The van der Waals surface area contributed by atoms with Crippen LogP contribution in [-0.2, 0) is 6.11 Å². The maximum Gasteiger partial charge on any atom is 0.426 e. The highest BCUT2D eigenvalue weighted by molar-refractivity contribution is 5.76. The first-order valence-corrected chi connectivity index (χ1v) is 10.7. The van der Waals surface area contributed by atoms with Gasteiger partial charge in [0.15, 0.2) is 47.0 Å². The molecule has 186 valence electrons. The summed E-state index contributed by atoms with van der Waals surface area (Å²) in [4.78, 5) is 0. The normalized spacial score (nSPS) is 16.9. The topological polar surface area (TPSA) is 27.7 Å². The number of hydrogen-bond acceptors (Lipinski definition) is 3. The molecule has 0 radical (unpaired) electrons. The summed E-state index contributed by atoms with van der Waals surface area (Å²) >= 11 is 0. The maximum atomic E-state index is 15.2. The van der Waals surface area contributed by atoms with Crippen molar-refractivity contribution >= 4 is 0 Å². The average Bonchev–Trinajstić information content (AvgIpc) is 2.81. The van der Waals surface area contributed by atoms with Crippen LogP contribution in [0.4, 0.5) is 30.7 Å². The van der Waals surface area contributed by atoms with Gasteiger partial charge in [-0.05, 0) is 55.3 Å². The van der Waals surface area contributed by atoms with Crippen LogP contribution < -0.4 is 14.2 Å². The van der Waals surface area contributed by atoms with E-state index in [1.165, 1.54) is 12.1 Å². The van der Waals surface area contributed by atoms with Crippen LogP contribution in [0.1, 0.15) is 42.9 Å². The van der Waals surface area contributed by atoms with Crippen LogP contribution >= 0.6 is 0 Å². The van der Waals surface area contributed by atoms with E-state index in [9.17, 15) is 26.3 Å². The van der Waals surface area contributed by atoms with Crippen LogP contribution in [0.15, 0.2) is 42.5 Å². The molecule has 0 N–H and O–H groups in total. The highest BCUT2D eigenvalue weighted by atomic mass is 19.3. The fourth-order valence-corrected chi connectivity index (χ4v) is 3.94. The van der Waals surface area contributed by atoms with Gasteiger partial charge in [-0.1, -0.05) is 12.1 Å². The summed E-state index contributed by atoms with van der Waals surface area (Å²) < 4.78 is 118.